The lowest BCUT2D eigenvalue weighted by molar-refractivity contribution is -0.385. The summed E-state index contributed by atoms with van der Waals surface area (Å²) in [4.78, 5) is 20.5. The molecule has 18 heavy (non-hydrogen) atoms. The molecular weight excluding hydrogens is 244 g/mol. The number of hydrogen-bond acceptors (Lipinski definition) is 6. The van der Waals surface area contributed by atoms with Gasteiger partial charge in [-0.05, 0) is 12.1 Å². The van der Waals surface area contributed by atoms with E-state index in [-0.39, 0.29) is 17.0 Å². The third kappa shape index (κ3) is 1.98. The molecule has 92 valence electrons. The largest absolute Gasteiger partial charge is 0.502 e. The molecule has 0 aliphatic carbocycles. The first-order chi connectivity index (χ1) is 8.49. The number of aromatic hydroxyl groups is 1. The van der Waals surface area contributed by atoms with Gasteiger partial charge >= 0.3 is 11.7 Å². The number of aromatic carboxylic acids is 1. The highest BCUT2D eigenvalue weighted by atomic mass is 16.6. The molecule has 1 aromatic carbocycles. The first kappa shape index (κ1) is 11.6. The van der Waals surface area contributed by atoms with Crippen LogP contribution in [-0.2, 0) is 0 Å². The van der Waals surface area contributed by atoms with Crippen molar-refractivity contribution < 1.29 is 24.5 Å². The molecule has 1 aromatic heterocycles. The highest BCUT2D eigenvalue weighted by molar-refractivity contribution is 5.86. The lowest BCUT2D eigenvalue weighted by Crippen LogP contribution is -1.94. The number of nitrogens with zero attached hydrogens (tertiary/aromatic N) is 2. The molecule has 0 saturated heterocycles. The fourth-order valence-electron chi connectivity index (χ4n) is 1.33. The fourth-order valence-corrected chi connectivity index (χ4v) is 1.33. The predicted molar refractivity (Wildman–Crippen MR) is 57.2 cm³/mol. The van der Waals surface area contributed by atoms with Gasteiger partial charge in [-0.15, -0.1) is 0 Å². The van der Waals surface area contributed by atoms with Crippen molar-refractivity contribution in [2.45, 2.75) is 0 Å². The summed E-state index contributed by atoms with van der Waals surface area (Å²) in [6.07, 6.45) is 0. The van der Waals surface area contributed by atoms with Gasteiger partial charge in [-0.1, -0.05) is 5.16 Å². The van der Waals surface area contributed by atoms with Crippen LogP contribution in [0.2, 0.25) is 0 Å². The molecule has 0 amide bonds. The normalized spacial score (nSPS) is 10.2. The number of nitro benzene ring substituents is 1. The number of nitro groups is 1. The van der Waals surface area contributed by atoms with Crippen LogP contribution in [0.1, 0.15) is 10.5 Å². The molecule has 0 fully saturated rings. The molecule has 0 bridgehead atoms. The van der Waals surface area contributed by atoms with Gasteiger partial charge in [0.1, 0.15) is 0 Å². The number of phenolic OH excluding ortho intramolecular Hbond substituents is 1. The van der Waals surface area contributed by atoms with Crippen LogP contribution >= 0.6 is 0 Å². The van der Waals surface area contributed by atoms with Gasteiger partial charge in [0, 0.05) is 17.7 Å². The van der Waals surface area contributed by atoms with Crippen molar-refractivity contribution in [1.29, 1.82) is 0 Å². The van der Waals surface area contributed by atoms with E-state index in [9.17, 15) is 20.0 Å². The maximum absolute atomic E-state index is 10.6. The number of rotatable bonds is 3. The molecule has 0 saturated carbocycles. The molecule has 0 unspecified atom stereocenters. The average Bonchev–Trinajstić information content (AvgIpc) is 2.78. The highest BCUT2D eigenvalue weighted by Crippen LogP contribution is 2.31. The average molecular weight is 250 g/mol. The molecule has 0 aliphatic heterocycles. The van der Waals surface area contributed by atoms with E-state index in [1.54, 1.807) is 0 Å². The molecular formula is C10H6N2O6. The van der Waals surface area contributed by atoms with Crippen molar-refractivity contribution in [2.75, 3.05) is 0 Å². The van der Waals surface area contributed by atoms with Crippen LogP contribution in [0.5, 0.6) is 5.75 Å². The molecule has 0 aliphatic rings. The molecule has 2 N–H and O–H groups in total. The van der Waals surface area contributed by atoms with E-state index >= 15 is 0 Å². The minimum absolute atomic E-state index is 0.0653. The number of carboxylic acids is 1. The Morgan fingerprint density at radius 2 is 2.11 bits per heavy atom. The number of aromatic nitrogens is 1. The summed E-state index contributed by atoms with van der Waals surface area (Å²) in [7, 11) is 0. The van der Waals surface area contributed by atoms with Crippen LogP contribution in [0.15, 0.2) is 28.8 Å². The molecule has 0 atom stereocenters. The topological polar surface area (TPSA) is 127 Å². The SMILES string of the molecule is O=C(O)c1cc(-c2ccc(O)c([N+](=O)[O-])c2)on1. The van der Waals surface area contributed by atoms with Gasteiger partial charge in [0.15, 0.2) is 17.2 Å². The summed E-state index contributed by atoms with van der Waals surface area (Å²) in [5.41, 5.74) is -0.555. The monoisotopic (exact) mass is 250 g/mol. The Kier molecular flexibility index (Phi) is 2.68. The van der Waals surface area contributed by atoms with Gasteiger partial charge in [0.25, 0.3) is 0 Å². The molecule has 0 spiro atoms. The highest BCUT2D eigenvalue weighted by Gasteiger charge is 2.17. The number of hydrogen-bond donors (Lipinski definition) is 2. The van der Waals surface area contributed by atoms with Crippen LogP contribution in [0, 0.1) is 10.1 Å². The van der Waals surface area contributed by atoms with Gasteiger partial charge in [-0.2, -0.15) is 0 Å². The second-order valence-electron chi connectivity index (χ2n) is 3.34. The van der Waals surface area contributed by atoms with Gasteiger partial charge in [0.2, 0.25) is 0 Å². The van der Waals surface area contributed by atoms with E-state index in [0.29, 0.717) is 0 Å². The zero-order chi connectivity index (χ0) is 13.3. The Morgan fingerprint density at radius 1 is 1.39 bits per heavy atom. The van der Waals surface area contributed by atoms with Crippen molar-refractivity contribution in [3.05, 3.63) is 40.1 Å². The first-order valence-electron chi connectivity index (χ1n) is 4.67. The number of benzene rings is 1. The summed E-state index contributed by atoms with van der Waals surface area (Å²) in [6.45, 7) is 0. The molecule has 8 heteroatoms. The Balaban J connectivity index is 2.47. The Bertz CT molecular complexity index is 633. The van der Waals surface area contributed by atoms with Crippen molar-refractivity contribution in [2.24, 2.45) is 0 Å². The van der Waals surface area contributed by atoms with E-state index in [4.69, 9.17) is 9.63 Å². The second kappa shape index (κ2) is 4.17. The van der Waals surface area contributed by atoms with Gasteiger partial charge in [-0.25, -0.2) is 4.79 Å². The Hall–Kier alpha value is -2.90. The van der Waals surface area contributed by atoms with Crippen molar-refractivity contribution in [1.82, 2.24) is 5.16 Å². The van der Waals surface area contributed by atoms with E-state index in [1.165, 1.54) is 6.07 Å². The van der Waals surface area contributed by atoms with Crippen molar-refractivity contribution >= 4 is 11.7 Å². The fraction of sp³-hybridized carbons (Fsp3) is 0. The van der Waals surface area contributed by atoms with Crippen molar-refractivity contribution in [3.8, 4) is 17.1 Å². The summed E-state index contributed by atoms with van der Waals surface area (Å²) in [5, 5.41) is 31.8. The minimum Gasteiger partial charge on any atom is -0.502 e. The van der Waals surface area contributed by atoms with Crippen LogP contribution in [0.3, 0.4) is 0 Å². The minimum atomic E-state index is -1.27. The molecule has 2 rings (SSSR count). The molecule has 0 radical (unpaired) electrons. The second-order valence-corrected chi connectivity index (χ2v) is 3.34. The van der Waals surface area contributed by atoms with Crippen LogP contribution in [0.4, 0.5) is 5.69 Å². The van der Waals surface area contributed by atoms with Crippen LogP contribution < -0.4 is 0 Å². The summed E-state index contributed by atoms with van der Waals surface area (Å²) in [5.74, 6) is -1.68. The predicted octanol–water partition coefficient (Wildman–Crippen LogP) is 1.65. The number of phenols is 1. The zero-order valence-corrected chi connectivity index (χ0v) is 8.73. The third-order valence-corrected chi connectivity index (χ3v) is 2.19. The summed E-state index contributed by atoms with van der Waals surface area (Å²) < 4.78 is 4.75. The zero-order valence-electron chi connectivity index (χ0n) is 8.73. The van der Waals surface area contributed by atoms with Gasteiger partial charge < -0.3 is 14.7 Å². The summed E-state index contributed by atoms with van der Waals surface area (Å²) >= 11 is 0. The van der Waals surface area contributed by atoms with Crippen molar-refractivity contribution in [3.63, 3.8) is 0 Å². The van der Waals surface area contributed by atoms with E-state index in [1.807, 2.05) is 0 Å². The van der Waals surface area contributed by atoms with Gasteiger partial charge in [-0.3, -0.25) is 10.1 Å². The summed E-state index contributed by atoms with van der Waals surface area (Å²) in [6, 6.07) is 4.69. The Morgan fingerprint density at radius 3 is 2.67 bits per heavy atom. The smallest absolute Gasteiger partial charge is 0.358 e. The lowest BCUT2D eigenvalue weighted by atomic mass is 10.1. The Labute approximate surface area is 99.2 Å². The van der Waals surface area contributed by atoms with Crippen LogP contribution in [-0.4, -0.2) is 26.3 Å². The number of carboxylic acid groups (broad SMARTS) is 1. The maximum atomic E-state index is 10.6. The van der Waals surface area contributed by atoms with E-state index in [0.717, 1.165) is 18.2 Å². The first-order valence-corrected chi connectivity index (χ1v) is 4.67. The van der Waals surface area contributed by atoms with Crippen LogP contribution in [0.25, 0.3) is 11.3 Å². The molecule has 8 nitrogen and oxygen atoms in total. The van der Waals surface area contributed by atoms with Gasteiger partial charge in [0.05, 0.1) is 4.92 Å². The number of carbonyl (C=O) groups is 1. The van der Waals surface area contributed by atoms with E-state index < -0.39 is 22.3 Å². The standard InChI is InChI=1S/C10H6N2O6/c13-8-2-1-5(3-7(8)12(16)17)9-4-6(10(14)15)11-18-9/h1-4,13H,(H,14,15). The molecule has 1 heterocycles. The third-order valence-electron chi connectivity index (χ3n) is 2.19. The lowest BCUT2D eigenvalue weighted by Gasteiger charge is -1.98. The maximum Gasteiger partial charge on any atom is 0.358 e. The molecule has 2 aromatic rings. The van der Waals surface area contributed by atoms with E-state index in [2.05, 4.69) is 5.16 Å². The quantitative estimate of drug-likeness (QED) is 0.626.